The van der Waals surface area contributed by atoms with Gasteiger partial charge in [0.25, 0.3) is 0 Å². The molecule has 0 bridgehead atoms. The van der Waals surface area contributed by atoms with Crippen molar-refractivity contribution in [2.75, 3.05) is 0 Å². The van der Waals surface area contributed by atoms with E-state index in [-0.39, 0.29) is 5.76 Å². The lowest BCUT2D eigenvalue weighted by atomic mass is 10.00. The minimum absolute atomic E-state index is 0.207. The molecule has 1 aromatic rings. The van der Waals surface area contributed by atoms with Gasteiger partial charge in [0.2, 0.25) is 0 Å². The van der Waals surface area contributed by atoms with E-state index >= 15 is 0 Å². The van der Waals surface area contributed by atoms with E-state index in [4.69, 9.17) is 5.11 Å². The van der Waals surface area contributed by atoms with Crippen LogP contribution >= 0.6 is 0 Å². The summed E-state index contributed by atoms with van der Waals surface area (Å²) in [6.07, 6.45) is -0.128. The van der Waals surface area contributed by atoms with Gasteiger partial charge in [-0.25, -0.2) is 0 Å². The van der Waals surface area contributed by atoms with Gasteiger partial charge < -0.3 is 10.2 Å². The first-order valence-corrected chi connectivity index (χ1v) is 4.30. The minimum atomic E-state index is -0.962. The molecule has 0 amide bonds. The van der Waals surface area contributed by atoms with Gasteiger partial charge in [0, 0.05) is 0 Å². The Kier molecular flexibility index (Phi) is 3.09. The maximum absolute atomic E-state index is 9.56. The third-order valence-corrected chi connectivity index (χ3v) is 2.05. The van der Waals surface area contributed by atoms with Crippen LogP contribution < -0.4 is 0 Å². The normalized spacial score (nSPS) is 12.5. The van der Waals surface area contributed by atoms with Crippen molar-refractivity contribution in [3.8, 4) is 0 Å². The van der Waals surface area contributed by atoms with Crippen LogP contribution in [0.3, 0.4) is 0 Å². The van der Waals surface area contributed by atoms with Crippen LogP contribution in [0.4, 0.5) is 0 Å². The number of aliphatic hydroxyl groups excluding tert-OH is 2. The standard InChI is InChI=1S/C11H14O2/c1-3-9-6-4-5-7-10(9)11(13)8(2)12/h4-7,11-13H,2-3H2,1H3. The highest BCUT2D eigenvalue weighted by Gasteiger charge is 2.12. The summed E-state index contributed by atoms with van der Waals surface area (Å²) >= 11 is 0. The molecule has 1 atom stereocenters. The lowest BCUT2D eigenvalue weighted by Crippen LogP contribution is -2.03. The van der Waals surface area contributed by atoms with Crippen molar-refractivity contribution in [3.05, 3.63) is 47.7 Å². The molecule has 0 aliphatic carbocycles. The van der Waals surface area contributed by atoms with Crippen LogP contribution in [-0.2, 0) is 6.42 Å². The summed E-state index contributed by atoms with van der Waals surface area (Å²) in [6, 6.07) is 7.47. The minimum Gasteiger partial charge on any atom is -0.510 e. The molecular weight excluding hydrogens is 164 g/mol. The smallest absolute Gasteiger partial charge is 0.135 e. The maximum atomic E-state index is 9.56. The molecule has 2 nitrogen and oxygen atoms in total. The highest BCUT2D eigenvalue weighted by Crippen LogP contribution is 2.22. The molecule has 2 heteroatoms. The highest BCUT2D eigenvalue weighted by molar-refractivity contribution is 5.31. The average Bonchev–Trinajstić information content (AvgIpc) is 2.16. The Morgan fingerprint density at radius 3 is 2.62 bits per heavy atom. The Bertz CT molecular complexity index is 305. The highest BCUT2D eigenvalue weighted by atomic mass is 16.3. The number of hydrogen-bond acceptors (Lipinski definition) is 2. The molecule has 0 aromatic heterocycles. The van der Waals surface area contributed by atoms with E-state index < -0.39 is 6.10 Å². The summed E-state index contributed by atoms with van der Waals surface area (Å²) in [5.41, 5.74) is 1.77. The van der Waals surface area contributed by atoms with E-state index in [1.54, 1.807) is 6.07 Å². The molecule has 1 aromatic carbocycles. The summed E-state index contributed by atoms with van der Waals surface area (Å²) in [7, 11) is 0. The Morgan fingerprint density at radius 1 is 1.46 bits per heavy atom. The zero-order valence-electron chi connectivity index (χ0n) is 7.70. The van der Waals surface area contributed by atoms with E-state index in [0.29, 0.717) is 0 Å². The van der Waals surface area contributed by atoms with Crippen molar-refractivity contribution >= 4 is 0 Å². The quantitative estimate of drug-likeness (QED) is 0.697. The fraction of sp³-hybridized carbons (Fsp3) is 0.273. The van der Waals surface area contributed by atoms with Gasteiger partial charge in [0.05, 0.1) is 0 Å². The zero-order chi connectivity index (χ0) is 9.84. The van der Waals surface area contributed by atoms with Crippen molar-refractivity contribution in [1.82, 2.24) is 0 Å². The fourth-order valence-corrected chi connectivity index (χ4v) is 1.30. The summed E-state index contributed by atoms with van der Waals surface area (Å²) in [5, 5.41) is 18.6. The molecule has 0 aliphatic heterocycles. The molecule has 0 spiro atoms. The average molecular weight is 178 g/mol. The van der Waals surface area contributed by atoms with Gasteiger partial charge in [-0.1, -0.05) is 37.8 Å². The van der Waals surface area contributed by atoms with Crippen LogP contribution in [0.25, 0.3) is 0 Å². The van der Waals surface area contributed by atoms with Crippen molar-refractivity contribution in [2.24, 2.45) is 0 Å². The predicted molar refractivity (Wildman–Crippen MR) is 52.5 cm³/mol. The van der Waals surface area contributed by atoms with E-state index in [0.717, 1.165) is 17.5 Å². The number of aliphatic hydroxyl groups is 2. The molecule has 0 saturated carbocycles. The second-order valence-corrected chi connectivity index (χ2v) is 2.95. The van der Waals surface area contributed by atoms with Gasteiger partial charge in [-0.05, 0) is 17.5 Å². The molecule has 0 aliphatic rings. The third kappa shape index (κ3) is 2.10. The molecule has 2 N–H and O–H groups in total. The van der Waals surface area contributed by atoms with Crippen LogP contribution in [0, 0.1) is 0 Å². The molecule has 1 rings (SSSR count). The van der Waals surface area contributed by atoms with Crippen LogP contribution in [0.1, 0.15) is 24.2 Å². The van der Waals surface area contributed by atoms with E-state index in [9.17, 15) is 5.11 Å². The molecule has 0 heterocycles. The first kappa shape index (κ1) is 9.81. The van der Waals surface area contributed by atoms with Crippen LogP contribution in [0.15, 0.2) is 36.6 Å². The fourth-order valence-electron chi connectivity index (χ4n) is 1.30. The van der Waals surface area contributed by atoms with Gasteiger partial charge in [-0.15, -0.1) is 0 Å². The second-order valence-electron chi connectivity index (χ2n) is 2.95. The first-order valence-electron chi connectivity index (χ1n) is 4.30. The topological polar surface area (TPSA) is 40.5 Å². The summed E-state index contributed by atoms with van der Waals surface area (Å²) in [5.74, 6) is -0.207. The van der Waals surface area contributed by atoms with Gasteiger partial charge >= 0.3 is 0 Å². The van der Waals surface area contributed by atoms with Crippen LogP contribution in [-0.4, -0.2) is 10.2 Å². The Hall–Kier alpha value is -1.28. The zero-order valence-corrected chi connectivity index (χ0v) is 7.70. The van der Waals surface area contributed by atoms with Crippen LogP contribution in [0.5, 0.6) is 0 Å². The van der Waals surface area contributed by atoms with E-state index in [1.165, 1.54) is 0 Å². The monoisotopic (exact) mass is 178 g/mol. The third-order valence-electron chi connectivity index (χ3n) is 2.05. The Morgan fingerprint density at radius 2 is 2.08 bits per heavy atom. The van der Waals surface area contributed by atoms with E-state index in [1.807, 2.05) is 25.1 Å². The molecule has 1 unspecified atom stereocenters. The molecule has 0 saturated heterocycles. The van der Waals surface area contributed by atoms with Crippen molar-refractivity contribution in [1.29, 1.82) is 0 Å². The first-order chi connectivity index (χ1) is 6.16. The maximum Gasteiger partial charge on any atom is 0.135 e. The Balaban J connectivity index is 3.05. The largest absolute Gasteiger partial charge is 0.510 e. The summed E-state index contributed by atoms with van der Waals surface area (Å²) in [4.78, 5) is 0. The van der Waals surface area contributed by atoms with Crippen molar-refractivity contribution < 1.29 is 10.2 Å². The van der Waals surface area contributed by atoms with Crippen molar-refractivity contribution in [2.45, 2.75) is 19.4 Å². The van der Waals surface area contributed by atoms with Gasteiger partial charge in [0.1, 0.15) is 11.9 Å². The second kappa shape index (κ2) is 4.10. The van der Waals surface area contributed by atoms with Gasteiger partial charge in [-0.3, -0.25) is 0 Å². The number of aryl methyl sites for hydroxylation is 1. The molecule has 70 valence electrons. The number of hydrogen-bond donors (Lipinski definition) is 2. The predicted octanol–water partition coefficient (Wildman–Crippen LogP) is 2.35. The molecular formula is C11H14O2. The molecule has 13 heavy (non-hydrogen) atoms. The molecule has 0 fully saturated rings. The number of rotatable bonds is 3. The van der Waals surface area contributed by atoms with E-state index in [2.05, 4.69) is 6.58 Å². The van der Waals surface area contributed by atoms with Gasteiger partial charge in [0.15, 0.2) is 0 Å². The summed E-state index contributed by atoms with van der Waals surface area (Å²) in [6.45, 7) is 5.32. The van der Waals surface area contributed by atoms with Crippen molar-refractivity contribution in [3.63, 3.8) is 0 Å². The summed E-state index contributed by atoms with van der Waals surface area (Å²) < 4.78 is 0. The Labute approximate surface area is 78.2 Å². The van der Waals surface area contributed by atoms with Gasteiger partial charge in [-0.2, -0.15) is 0 Å². The SMILES string of the molecule is C=C(O)C(O)c1ccccc1CC. The molecule has 0 radical (unpaired) electrons. The lowest BCUT2D eigenvalue weighted by molar-refractivity contribution is 0.155. The number of benzene rings is 1. The lowest BCUT2D eigenvalue weighted by Gasteiger charge is -2.12. The van der Waals surface area contributed by atoms with Crippen LogP contribution in [0.2, 0.25) is 0 Å².